The Morgan fingerprint density at radius 2 is 2.17 bits per heavy atom. The molecule has 1 heterocycles. The summed E-state index contributed by atoms with van der Waals surface area (Å²) in [5.74, 6) is 0. The van der Waals surface area contributed by atoms with Gasteiger partial charge in [0.25, 0.3) is 0 Å². The molecule has 0 spiro atoms. The van der Waals surface area contributed by atoms with E-state index in [2.05, 4.69) is 40.9 Å². The minimum atomic E-state index is 0.163. The molecule has 3 heteroatoms. The molecular formula is C9H15BrN2. The van der Waals surface area contributed by atoms with Crippen molar-refractivity contribution in [3.8, 4) is 0 Å². The zero-order chi connectivity index (χ0) is 9.35. The molecule has 1 aromatic rings. The smallest absolute Gasteiger partial charge is 0.0596 e. The number of nitrogens with zero attached hydrogens (tertiary/aromatic N) is 2. The van der Waals surface area contributed by atoms with Crippen LogP contribution in [0.25, 0.3) is 0 Å². The molecule has 0 aliphatic rings. The molecular weight excluding hydrogens is 216 g/mol. The van der Waals surface area contributed by atoms with Crippen LogP contribution in [0, 0.1) is 6.92 Å². The second-order valence-electron chi connectivity index (χ2n) is 3.81. The standard InChI is InChI=1S/C9H15BrN2/c1-7-5-8(12(4)11-7)9(2,3)6-10/h5H,6H2,1-4H3. The average molecular weight is 231 g/mol. The van der Waals surface area contributed by atoms with E-state index in [1.807, 2.05) is 18.7 Å². The summed E-state index contributed by atoms with van der Waals surface area (Å²) < 4.78 is 1.95. The Bertz CT molecular complexity index is 276. The molecule has 1 rings (SSSR count). The maximum Gasteiger partial charge on any atom is 0.0596 e. The normalized spacial score (nSPS) is 12.1. The van der Waals surface area contributed by atoms with Crippen LogP contribution in [0.3, 0.4) is 0 Å². The second kappa shape index (κ2) is 3.21. The molecule has 0 amide bonds. The number of alkyl halides is 1. The highest BCUT2D eigenvalue weighted by atomic mass is 79.9. The van der Waals surface area contributed by atoms with Crippen molar-refractivity contribution in [1.29, 1.82) is 0 Å². The number of aromatic nitrogens is 2. The summed E-state index contributed by atoms with van der Waals surface area (Å²) in [4.78, 5) is 0. The second-order valence-corrected chi connectivity index (χ2v) is 4.37. The Balaban J connectivity index is 3.09. The first-order valence-corrected chi connectivity index (χ1v) is 5.16. The van der Waals surface area contributed by atoms with Crippen LogP contribution in [0.4, 0.5) is 0 Å². The molecule has 0 bridgehead atoms. The van der Waals surface area contributed by atoms with Crippen molar-refractivity contribution in [2.24, 2.45) is 7.05 Å². The molecule has 0 aliphatic carbocycles. The topological polar surface area (TPSA) is 17.8 Å². The van der Waals surface area contributed by atoms with Gasteiger partial charge in [-0.15, -0.1) is 0 Å². The molecule has 2 nitrogen and oxygen atoms in total. The van der Waals surface area contributed by atoms with Crippen molar-refractivity contribution in [2.75, 3.05) is 5.33 Å². The zero-order valence-corrected chi connectivity index (χ0v) is 9.64. The lowest BCUT2D eigenvalue weighted by atomic mass is 9.92. The van der Waals surface area contributed by atoms with Crippen molar-refractivity contribution in [3.05, 3.63) is 17.5 Å². The highest BCUT2D eigenvalue weighted by molar-refractivity contribution is 9.09. The van der Waals surface area contributed by atoms with Gasteiger partial charge >= 0.3 is 0 Å². The largest absolute Gasteiger partial charge is 0.272 e. The number of halogens is 1. The number of hydrogen-bond acceptors (Lipinski definition) is 1. The number of aryl methyl sites for hydroxylation is 2. The van der Waals surface area contributed by atoms with Crippen LogP contribution in [-0.4, -0.2) is 15.1 Å². The van der Waals surface area contributed by atoms with Crippen molar-refractivity contribution in [3.63, 3.8) is 0 Å². The summed E-state index contributed by atoms with van der Waals surface area (Å²) >= 11 is 3.51. The molecule has 0 saturated carbocycles. The van der Waals surface area contributed by atoms with Crippen LogP contribution in [0.5, 0.6) is 0 Å². The van der Waals surface area contributed by atoms with E-state index < -0.39 is 0 Å². The van der Waals surface area contributed by atoms with Crippen LogP contribution in [0.2, 0.25) is 0 Å². The molecule has 0 atom stereocenters. The molecule has 68 valence electrons. The van der Waals surface area contributed by atoms with E-state index in [4.69, 9.17) is 0 Å². The highest BCUT2D eigenvalue weighted by Gasteiger charge is 2.22. The summed E-state index contributed by atoms with van der Waals surface area (Å²) in [7, 11) is 1.99. The fourth-order valence-corrected chi connectivity index (χ4v) is 1.60. The van der Waals surface area contributed by atoms with Gasteiger partial charge in [-0.25, -0.2) is 0 Å². The predicted molar refractivity (Wildman–Crippen MR) is 54.8 cm³/mol. The van der Waals surface area contributed by atoms with Crippen LogP contribution < -0.4 is 0 Å². The summed E-state index contributed by atoms with van der Waals surface area (Å²) in [6, 6.07) is 2.14. The third-order valence-corrected chi connectivity index (χ3v) is 3.43. The Kier molecular flexibility index (Phi) is 2.61. The molecule has 0 N–H and O–H groups in total. The van der Waals surface area contributed by atoms with Crippen LogP contribution in [0.1, 0.15) is 25.2 Å². The van der Waals surface area contributed by atoms with Gasteiger partial charge < -0.3 is 0 Å². The van der Waals surface area contributed by atoms with E-state index in [1.54, 1.807) is 0 Å². The van der Waals surface area contributed by atoms with Gasteiger partial charge in [0.15, 0.2) is 0 Å². The van der Waals surface area contributed by atoms with Gasteiger partial charge in [-0.05, 0) is 13.0 Å². The maximum absolute atomic E-state index is 4.32. The first-order chi connectivity index (χ1) is 5.47. The SMILES string of the molecule is Cc1cc(C(C)(C)CBr)n(C)n1. The van der Waals surface area contributed by atoms with Gasteiger partial charge in [0.05, 0.1) is 5.69 Å². The predicted octanol–water partition coefficient (Wildman–Crippen LogP) is 2.40. The van der Waals surface area contributed by atoms with Gasteiger partial charge in [0.2, 0.25) is 0 Å². The molecule has 12 heavy (non-hydrogen) atoms. The van der Waals surface area contributed by atoms with Crippen molar-refractivity contribution < 1.29 is 0 Å². The Labute approximate surface area is 82.1 Å². The number of rotatable bonds is 2. The lowest BCUT2D eigenvalue weighted by molar-refractivity contribution is 0.534. The fourth-order valence-electron chi connectivity index (χ4n) is 1.31. The van der Waals surface area contributed by atoms with E-state index in [9.17, 15) is 0 Å². The molecule has 0 aromatic carbocycles. The van der Waals surface area contributed by atoms with Crippen molar-refractivity contribution in [2.45, 2.75) is 26.2 Å². The number of hydrogen-bond donors (Lipinski definition) is 0. The molecule has 0 aliphatic heterocycles. The average Bonchev–Trinajstić information content (AvgIpc) is 2.31. The van der Waals surface area contributed by atoms with E-state index in [1.165, 1.54) is 5.69 Å². The van der Waals surface area contributed by atoms with Crippen LogP contribution in [-0.2, 0) is 12.5 Å². The minimum absolute atomic E-state index is 0.163. The van der Waals surface area contributed by atoms with Crippen LogP contribution >= 0.6 is 15.9 Å². The van der Waals surface area contributed by atoms with Gasteiger partial charge in [-0.2, -0.15) is 5.10 Å². The van der Waals surface area contributed by atoms with E-state index >= 15 is 0 Å². The molecule has 0 unspecified atom stereocenters. The lowest BCUT2D eigenvalue weighted by Crippen LogP contribution is -2.22. The quantitative estimate of drug-likeness (QED) is 0.714. The third kappa shape index (κ3) is 1.71. The summed E-state index contributed by atoms with van der Waals surface area (Å²) in [6.45, 7) is 6.43. The minimum Gasteiger partial charge on any atom is -0.272 e. The molecule has 0 saturated heterocycles. The van der Waals surface area contributed by atoms with Gasteiger partial charge in [-0.3, -0.25) is 4.68 Å². The van der Waals surface area contributed by atoms with E-state index in [0.29, 0.717) is 0 Å². The Morgan fingerprint density at radius 1 is 1.58 bits per heavy atom. The first-order valence-electron chi connectivity index (χ1n) is 4.04. The first kappa shape index (κ1) is 9.78. The Hall–Kier alpha value is -0.310. The maximum atomic E-state index is 4.32. The van der Waals surface area contributed by atoms with E-state index in [-0.39, 0.29) is 5.41 Å². The highest BCUT2D eigenvalue weighted by Crippen LogP contribution is 2.25. The van der Waals surface area contributed by atoms with Gasteiger partial charge in [0.1, 0.15) is 0 Å². The molecule has 0 radical (unpaired) electrons. The molecule has 0 fully saturated rings. The Morgan fingerprint density at radius 3 is 2.50 bits per heavy atom. The third-order valence-electron chi connectivity index (χ3n) is 2.03. The van der Waals surface area contributed by atoms with Crippen molar-refractivity contribution in [1.82, 2.24) is 9.78 Å². The van der Waals surface area contributed by atoms with Gasteiger partial charge in [-0.1, -0.05) is 29.8 Å². The zero-order valence-electron chi connectivity index (χ0n) is 8.06. The van der Waals surface area contributed by atoms with Gasteiger partial charge in [0, 0.05) is 23.5 Å². The fraction of sp³-hybridized carbons (Fsp3) is 0.667. The van der Waals surface area contributed by atoms with E-state index in [0.717, 1.165) is 11.0 Å². The van der Waals surface area contributed by atoms with Crippen LogP contribution in [0.15, 0.2) is 6.07 Å². The lowest BCUT2D eigenvalue weighted by Gasteiger charge is -2.21. The summed E-state index contributed by atoms with van der Waals surface area (Å²) in [6.07, 6.45) is 0. The summed E-state index contributed by atoms with van der Waals surface area (Å²) in [5, 5.41) is 5.28. The van der Waals surface area contributed by atoms with Crippen molar-refractivity contribution >= 4 is 15.9 Å². The monoisotopic (exact) mass is 230 g/mol. The molecule has 1 aromatic heterocycles. The summed E-state index contributed by atoms with van der Waals surface area (Å²) in [5.41, 5.74) is 2.52.